The summed E-state index contributed by atoms with van der Waals surface area (Å²) in [5, 5.41) is 9.06. The van der Waals surface area contributed by atoms with E-state index in [1.54, 1.807) is 0 Å². The van der Waals surface area contributed by atoms with Crippen molar-refractivity contribution < 1.29 is 32.2 Å². The first-order valence-corrected chi connectivity index (χ1v) is 12.7. The van der Waals surface area contributed by atoms with Crippen molar-refractivity contribution in [2.75, 3.05) is 24.1 Å². The Kier molecular flexibility index (Phi) is 9.05. The average molecular weight is 514 g/mol. The molecule has 2 heterocycles. The van der Waals surface area contributed by atoms with E-state index in [1.165, 1.54) is 12.5 Å². The number of hydrogen-bond donors (Lipinski definition) is 3. The fourth-order valence-corrected chi connectivity index (χ4v) is 5.75. The molecule has 0 radical (unpaired) electrons. The smallest absolute Gasteiger partial charge is 0.363 e. The number of hydrogen-bond acceptors (Lipinski definition) is 10. The molecule has 16 heteroatoms. The zero-order valence-corrected chi connectivity index (χ0v) is 19.6. The summed E-state index contributed by atoms with van der Waals surface area (Å²) in [6.45, 7) is 1.94. The van der Waals surface area contributed by atoms with Crippen molar-refractivity contribution in [2.45, 2.75) is 31.2 Å². The number of anilines is 1. The van der Waals surface area contributed by atoms with E-state index in [4.69, 9.17) is 11.6 Å². The number of oxime groups is 1. The molecule has 1 aliphatic heterocycles. The van der Waals surface area contributed by atoms with Crippen molar-refractivity contribution in [3.05, 3.63) is 11.1 Å². The highest BCUT2D eigenvalue weighted by Crippen LogP contribution is 2.33. The Labute approximate surface area is 191 Å². The maximum atomic E-state index is 12.7. The largest absolute Gasteiger partial charge is 0.398 e. The summed E-state index contributed by atoms with van der Waals surface area (Å²) in [6.07, 6.45) is 1.59. The van der Waals surface area contributed by atoms with Crippen LogP contribution in [0, 0.1) is 0 Å². The van der Waals surface area contributed by atoms with Gasteiger partial charge in [0.2, 0.25) is 5.91 Å². The van der Waals surface area contributed by atoms with E-state index in [2.05, 4.69) is 25.6 Å². The summed E-state index contributed by atoms with van der Waals surface area (Å²) >= 11 is 7.56. The van der Waals surface area contributed by atoms with E-state index in [-0.39, 0.29) is 22.4 Å². The number of alkyl halides is 1. The van der Waals surface area contributed by atoms with Crippen LogP contribution in [0.2, 0.25) is 0 Å². The van der Waals surface area contributed by atoms with Gasteiger partial charge in [-0.15, -0.1) is 34.7 Å². The summed E-state index contributed by atoms with van der Waals surface area (Å²) in [5.41, 5.74) is -0.233. The number of thiazole rings is 1. The second-order valence-corrected chi connectivity index (χ2v) is 9.66. The van der Waals surface area contributed by atoms with Crippen molar-refractivity contribution in [1.82, 2.24) is 14.6 Å². The Balaban J connectivity index is 2.18. The Morgan fingerprint density at radius 1 is 1.48 bits per heavy atom. The third-order valence-corrected chi connectivity index (χ3v) is 7.22. The fourth-order valence-electron chi connectivity index (χ4n) is 2.43. The standard InChI is InChI=1S/C15H20ClN5O7S3/c1-3-4-5-29-14-11(13(24)21(14)31(25,26)27)19-12(23)10(20-28-2)8-7-30-15(17-8)18-9(22)6-16/h7,11,14H,3-6H2,1-2H3,(H,19,23)(H,17,18,22)(H,25,26,27)/t11-,14+/m1/s1. The lowest BCUT2D eigenvalue weighted by molar-refractivity contribution is -0.140. The Morgan fingerprint density at radius 2 is 2.19 bits per heavy atom. The second-order valence-electron chi connectivity index (χ2n) is 6.02. The number of carbonyl (C=O) groups is 3. The molecule has 0 spiro atoms. The molecule has 1 aromatic heterocycles. The Hall–Kier alpha value is -1.94. The first kappa shape index (κ1) is 25.3. The molecule has 0 saturated carbocycles. The monoisotopic (exact) mass is 513 g/mol. The summed E-state index contributed by atoms with van der Waals surface area (Å²) in [4.78, 5) is 45.1. The minimum Gasteiger partial charge on any atom is -0.398 e. The number of unbranched alkanes of at least 4 members (excludes halogenated alkanes) is 1. The minimum atomic E-state index is -4.77. The minimum absolute atomic E-state index is 0.0582. The Bertz CT molecular complexity index is 968. The fraction of sp³-hybridized carbons (Fsp3) is 0.533. The molecule has 2 rings (SSSR count). The van der Waals surface area contributed by atoms with E-state index in [9.17, 15) is 27.4 Å². The molecular formula is C15H20ClN5O7S3. The zero-order valence-electron chi connectivity index (χ0n) is 16.4. The van der Waals surface area contributed by atoms with Crippen molar-refractivity contribution in [3.63, 3.8) is 0 Å². The number of halogens is 1. The van der Waals surface area contributed by atoms with Gasteiger partial charge in [0.05, 0.1) is 0 Å². The van der Waals surface area contributed by atoms with E-state index < -0.39 is 39.4 Å². The number of nitrogens with zero attached hydrogens (tertiary/aromatic N) is 3. The zero-order chi connectivity index (χ0) is 23.2. The molecule has 1 fully saturated rings. The molecule has 2 atom stereocenters. The van der Waals surface area contributed by atoms with Gasteiger partial charge in [-0.3, -0.25) is 18.9 Å². The summed E-state index contributed by atoms with van der Waals surface area (Å²) < 4.78 is 32.7. The van der Waals surface area contributed by atoms with Crippen LogP contribution in [0.25, 0.3) is 0 Å². The normalized spacial score (nSPS) is 19.0. The predicted octanol–water partition coefficient (Wildman–Crippen LogP) is 0.660. The Morgan fingerprint density at radius 3 is 2.77 bits per heavy atom. The predicted molar refractivity (Wildman–Crippen MR) is 116 cm³/mol. The van der Waals surface area contributed by atoms with E-state index in [1.807, 2.05) is 6.92 Å². The second kappa shape index (κ2) is 11.1. The lowest BCUT2D eigenvalue weighted by Crippen LogP contribution is -2.71. The van der Waals surface area contributed by atoms with Crippen molar-refractivity contribution in [2.24, 2.45) is 5.16 Å². The van der Waals surface area contributed by atoms with Crippen molar-refractivity contribution in [3.8, 4) is 0 Å². The molecule has 3 N–H and O–H groups in total. The van der Waals surface area contributed by atoms with Gasteiger partial charge in [-0.25, -0.2) is 4.98 Å². The molecule has 1 aliphatic rings. The topological polar surface area (TPSA) is 167 Å². The van der Waals surface area contributed by atoms with Crippen LogP contribution in [0.1, 0.15) is 25.5 Å². The number of nitrogens with one attached hydrogen (secondary N) is 2. The van der Waals surface area contributed by atoms with Crippen LogP contribution in [0.3, 0.4) is 0 Å². The lowest BCUT2D eigenvalue weighted by Gasteiger charge is -2.43. The maximum absolute atomic E-state index is 12.7. The SMILES string of the molecule is CCCCS[C@H]1[C@H](NC(=O)C(=NOC)c2csc(NC(=O)CCl)n2)C(=O)N1S(=O)(=O)O. The third-order valence-electron chi connectivity index (χ3n) is 3.83. The van der Waals surface area contributed by atoms with Crippen LogP contribution in [-0.4, -0.2) is 75.9 Å². The highest BCUT2D eigenvalue weighted by atomic mass is 35.5. The first-order valence-electron chi connectivity index (χ1n) is 8.80. The van der Waals surface area contributed by atoms with Crippen LogP contribution < -0.4 is 10.6 Å². The van der Waals surface area contributed by atoms with Gasteiger partial charge < -0.3 is 15.5 Å². The number of rotatable bonds is 11. The molecule has 0 unspecified atom stereocenters. The number of β-lactam (4-membered cyclic amide) rings is 1. The maximum Gasteiger partial charge on any atom is 0.363 e. The van der Waals surface area contributed by atoms with Gasteiger partial charge in [0, 0.05) is 5.38 Å². The molecule has 3 amide bonds. The van der Waals surface area contributed by atoms with Crippen molar-refractivity contribution in [1.29, 1.82) is 0 Å². The quantitative estimate of drug-likeness (QED) is 0.0960. The average Bonchev–Trinajstić information content (AvgIpc) is 3.16. The third kappa shape index (κ3) is 6.29. The molecule has 0 aromatic carbocycles. The molecule has 31 heavy (non-hydrogen) atoms. The molecule has 172 valence electrons. The van der Waals surface area contributed by atoms with E-state index in [0.29, 0.717) is 10.1 Å². The van der Waals surface area contributed by atoms with Crippen molar-refractivity contribution >= 4 is 73.6 Å². The molecule has 0 bridgehead atoms. The van der Waals surface area contributed by atoms with E-state index in [0.717, 1.165) is 35.9 Å². The van der Waals surface area contributed by atoms with Gasteiger partial charge in [0.1, 0.15) is 30.1 Å². The molecular weight excluding hydrogens is 494 g/mol. The van der Waals surface area contributed by atoms with Crippen LogP contribution in [0.5, 0.6) is 0 Å². The van der Waals surface area contributed by atoms with Gasteiger partial charge >= 0.3 is 10.3 Å². The first-order chi connectivity index (χ1) is 14.6. The molecule has 12 nitrogen and oxygen atoms in total. The van der Waals surface area contributed by atoms with Crippen LogP contribution >= 0.6 is 34.7 Å². The van der Waals surface area contributed by atoms with Crippen LogP contribution in [0.15, 0.2) is 10.5 Å². The lowest BCUT2D eigenvalue weighted by atomic mass is 10.1. The number of amides is 3. The summed E-state index contributed by atoms with van der Waals surface area (Å²) in [6, 6.07) is -1.20. The van der Waals surface area contributed by atoms with Gasteiger partial charge in [0.15, 0.2) is 10.8 Å². The highest BCUT2D eigenvalue weighted by Gasteiger charge is 2.54. The summed E-state index contributed by atoms with van der Waals surface area (Å²) in [5.74, 6) is -2.08. The summed E-state index contributed by atoms with van der Waals surface area (Å²) in [7, 11) is -3.57. The van der Waals surface area contributed by atoms with Crippen LogP contribution in [0.4, 0.5) is 5.13 Å². The van der Waals surface area contributed by atoms with Gasteiger partial charge in [-0.05, 0) is 12.2 Å². The molecule has 1 saturated heterocycles. The van der Waals surface area contributed by atoms with Gasteiger partial charge in [-0.2, -0.15) is 12.7 Å². The number of thioether (sulfide) groups is 1. The van der Waals surface area contributed by atoms with Gasteiger partial charge in [0.25, 0.3) is 11.8 Å². The molecule has 0 aliphatic carbocycles. The highest BCUT2D eigenvalue weighted by molar-refractivity contribution is 8.00. The molecule has 1 aromatic rings. The van der Waals surface area contributed by atoms with Gasteiger partial charge in [-0.1, -0.05) is 18.5 Å². The van der Waals surface area contributed by atoms with E-state index >= 15 is 0 Å². The number of carbonyl (C=O) groups excluding carboxylic acids is 3. The number of aromatic nitrogens is 1. The van der Waals surface area contributed by atoms with Crippen LogP contribution in [-0.2, 0) is 29.5 Å².